The standard InChI is InChI=1S/C27H46O/c1-18(2)7-6-8-19(3)23-11-12-24-22-10-9-20-17-21(28)13-15-26(20,4)25(22)14-16-27(23,24)5/h9,18-19,21-25,28H,6-8,10-17H2,1-5H3/t19-,21+,22+,23-,24+,25+,26+,27-/m1/s1/i1+1/t18?,19-,21+,22+,23-,24+,25+,26+,27-. The van der Waals surface area contributed by atoms with E-state index >= 15 is 0 Å². The van der Waals surface area contributed by atoms with Crippen molar-refractivity contribution in [2.45, 2.75) is 111 Å². The lowest BCUT2D eigenvalue weighted by molar-refractivity contribution is -0.0573. The molecule has 3 fully saturated rings. The van der Waals surface area contributed by atoms with Crippen LogP contribution < -0.4 is 0 Å². The van der Waals surface area contributed by atoms with Crippen LogP contribution in [0.15, 0.2) is 11.6 Å². The third kappa shape index (κ3) is 3.42. The molecule has 0 spiro atoms. The molecule has 0 amide bonds. The van der Waals surface area contributed by atoms with Gasteiger partial charge in [0.05, 0.1) is 6.10 Å². The third-order valence-electron chi connectivity index (χ3n) is 10.3. The maximum atomic E-state index is 10.2. The average molecular weight is 388 g/mol. The molecular formula is C27H46O. The summed E-state index contributed by atoms with van der Waals surface area (Å²) < 4.78 is 0. The minimum Gasteiger partial charge on any atom is -0.393 e. The molecule has 0 radical (unpaired) electrons. The molecule has 0 aromatic rings. The number of aliphatic hydroxyl groups excluding tert-OH is 1. The molecule has 0 aromatic heterocycles. The van der Waals surface area contributed by atoms with Crippen molar-refractivity contribution in [2.75, 3.05) is 0 Å². The Kier molecular flexibility index (Phi) is 5.80. The van der Waals surface area contributed by atoms with Crippen LogP contribution in [0.5, 0.6) is 0 Å². The van der Waals surface area contributed by atoms with Crippen molar-refractivity contribution >= 4 is 0 Å². The minimum absolute atomic E-state index is 0.0766. The summed E-state index contributed by atoms with van der Waals surface area (Å²) in [5.74, 6) is 5.46. The predicted molar refractivity (Wildman–Crippen MR) is 119 cm³/mol. The maximum absolute atomic E-state index is 10.2. The Bertz CT molecular complexity index is 591. The molecule has 4 aliphatic carbocycles. The molecule has 28 heavy (non-hydrogen) atoms. The summed E-state index contributed by atoms with van der Waals surface area (Å²) in [6.07, 6.45) is 17.2. The number of fused-ring (bicyclic) bond motifs is 5. The van der Waals surface area contributed by atoms with Crippen LogP contribution in [0.1, 0.15) is 105 Å². The smallest absolute Gasteiger partial charge is 0.0577 e. The number of aliphatic hydroxyl groups is 1. The van der Waals surface area contributed by atoms with Crippen LogP contribution in [0, 0.1) is 46.3 Å². The number of hydrogen-bond acceptors (Lipinski definition) is 1. The zero-order valence-electron chi connectivity index (χ0n) is 19.3. The zero-order chi connectivity index (χ0) is 20.1. The van der Waals surface area contributed by atoms with Gasteiger partial charge in [-0.15, -0.1) is 0 Å². The normalized spacial score (nSPS) is 47.5. The molecule has 0 bridgehead atoms. The molecule has 9 atom stereocenters. The second-order valence-corrected chi connectivity index (χ2v) is 12.2. The van der Waals surface area contributed by atoms with Gasteiger partial charge in [-0.3, -0.25) is 0 Å². The van der Waals surface area contributed by atoms with Crippen molar-refractivity contribution < 1.29 is 5.11 Å². The van der Waals surface area contributed by atoms with E-state index in [0.29, 0.717) is 10.8 Å². The largest absolute Gasteiger partial charge is 0.393 e. The van der Waals surface area contributed by atoms with Crippen LogP contribution in [0.2, 0.25) is 0 Å². The van der Waals surface area contributed by atoms with Crippen molar-refractivity contribution in [1.82, 2.24) is 0 Å². The van der Waals surface area contributed by atoms with Gasteiger partial charge in [0, 0.05) is 0 Å². The highest BCUT2D eigenvalue weighted by Crippen LogP contribution is 2.67. The number of hydrogen-bond donors (Lipinski definition) is 1. The molecule has 0 saturated heterocycles. The first kappa shape index (κ1) is 21.0. The van der Waals surface area contributed by atoms with Crippen molar-refractivity contribution in [3.05, 3.63) is 11.6 Å². The van der Waals surface area contributed by atoms with Gasteiger partial charge in [-0.1, -0.05) is 65.5 Å². The highest BCUT2D eigenvalue weighted by molar-refractivity contribution is 5.25. The van der Waals surface area contributed by atoms with Crippen LogP contribution in [0.25, 0.3) is 0 Å². The summed E-state index contributed by atoms with van der Waals surface area (Å²) in [6.45, 7) is 12.6. The molecular weight excluding hydrogens is 341 g/mol. The molecule has 1 nitrogen and oxygen atoms in total. The highest BCUT2D eigenvalue weighted by Gasteiger charge is 2.59. The molecule has 3 saturated carbocycles. The van der Waals surface area contributed by atoms with E-state index in [9.17, 15) is 5.11 Å². The summed E-state index contributed by atoms with van der Waals surface area (Å²) in [5, 5.41) is 10.2. The van der Waals surface area contributed by atoms with Gasteiger partial charge in [-0.25, -0.2) is 0 Å². The average Bonchev–Trinajstić information content (AvgIpc) is 2.99. The molecule has 0 aromatic carbocycles. The van der Waals surface area contributed by atoms with Crippen molar-refractivity contribution in [3.8, 4) is 0 Å². The Morgan fingerprint density at radius 3 is 2.54 bits per heavy atom. The fraction of sp³-hybridized carbons (Fsp3) is 0.926. The monoisotopic (exact) mass is 387 g/mol. The van der Waals surface area contributed by atoms with Crippen LogP contribution in [0.3, 0.4) is 0 Å². The summed E-state index contributed by atoms with van der Waals surface area (Å²) in [5.41, 5.74) is 2.60. The van der Waals surface area contributed by atoms with Crippen molar-refractivity contribution in [1.29, 1.82) is 0 Å². The van der Waals surface area contributed by atoms with Gasteiger partial charge in [-0.2, -0.15) is 0 Å². The van der Waals surface area contributed by atoms with Gasteiger partial charge in [0.25, 0.3) is 0 Å². The fourth-order valence-electron chi connectivity index (χ4n) is 8.67. The maximum Gasteiger partial charge on any atom is 0.0577 e. The minimum atomic E-state index is -0.0766. The Morgan fingerprint density at radius 1 is 1.00 bits per heavy atom. The lowest BCUT2D eigenvalue weighted by Crippen LogP contribution is -2.50. The highest BCUT2D eigenvalue weighted by atomic mass is 16.3. The first-order chi connectivity index (χ1) is 13.3. The quantitative estimate of drug-likeness (QED) is 0.385. The fourth-order valence-corrected chi connectivity index (χ4v) is 8.67. The van der Waals surface area contributed by atoms with Gasteiger partial charge in [-0.05, 0) is 97.7 Å². The molecule has 1 N–H and O–H groups in total. The molecule has 4 rings (SSSR count). The third-order valence-corrected chi connectivity index (χ3v) is 10.3. The molecule has 0 aliphatic heterocycles. The van der Waals surface area contributed by atoms with E-state index in [2.05, 4.69) is 40.7 Å². The van der Waals surface area contributed by atoms with Crippen LogP contribution >= 0.6 is 0 Å². The summed E-state index contributed by atoms with van der Waals surface area (Å²) in [7, 11) is 0. The molecule has 0 heterocycles. The lowest BCUT2D eigenvalue weighted by Gasteiger charge is -2.58. The van der Waals surface area contributed by atoms with E-state index < -0.39 is 0 Å². The van der Waals surface area contributed by atoms with Crippen LogP contribution in [-0.2, 0) is 0 Å². The Morgan fingerprint density at radius 2 is 1.79 bits per heavy atom. The molecule has 1 unspecified atom stereocenters. The first-order valence-electron chi connectivity index (χ1n) is 12.6. The topological polar surface area (TPSA) is 20.2 Å². The molecule has 1 heteroatoms. The van der Waals surface area contributed by atoms with E-state index in [1.807, 2.05) is 0 Å². The number of allylic oxidation sites excluding steroid dienone is 1. The van der Waals surface area contributed by atoms with E-state index in [4.69, 9.17) is 0 Å². The van der Waals surface area contributed by atoms with Gasteiger partial charge < -0.3 is 5.11 Å². The van der Waals surface area contributed by atoms with E-state index in [0.717, 1.165) is 48.3 Å². The predicted octanol–water partition coefficient (Wildman–Crippen LogP) is 7.39. The Balaban J connectivity index is 1.49. The van der Waals surface area contributed by atoms with Crippen LogP contribution in [-0.4, -0.2) is 11.2 Å². The van der Waals surface area contributed by atoms with Crippen molar-refractivity contribution in [3.63, 3.8) is 0 Å². The number of rotatable bonds is 5. The Hall–Kier alpha value is -0.300. The summed E-state index contributed by atoms with van der Waals surface area (Å²) >= 11 is 0. The second-order valence-electron chi connectivity index (χ2n) is 12.2. The second kappa shape index (κ2) is 7.75. The van der Waals surface area contributed by atoms with Gasteiger partial charge >= 0.3 is 0 Å². The van der Waals surface area contributed by atoms with Gasteiger partial charge in [0.1, 0.15) is 0 Å². The van der Waals surface area contributed by atoms with E-state index in [1.54, 1.807) is 5.57 Å². The molecule has 160 valence electrons. The molecule has 4 aliphatic rings. The lowest BCUT2D eigenvalue weighted by atomic mass is 9.47. The van der Waals surface area contributed by atoms with Gasteiger partial charge in [0.2, 0.25) is 0 Å². The Labute approximate surface area is 174 Å². The SMILES string of the molecule is CC([13CH3])CCC[C@@H](C)[C@H]1CC[C@H]2[C@@H]3CC=C4C[C@@H](O)CC[C@]4(C)[C@H]3CC[C@]12C. The van der Waals surface area contributed by atoms with Crippen molar-refractivity contribution in [2.24, 2.45) is 46.3 Å². The summed E-state index contributed by atoms with van der Waals surface area (Å²) in [4.78, 5) is 0. The first-order valence-corrected chi connectivity index (χ1v) is 12.6. The van der Waals surface area contributed by atoms with E-state index in [1.165, 1.54) is 57.8 Å². The summed E-state index contributed by atoms with van der Waals surface area (Å²) in [6, 6.07) is 0. The van der Waals surface area contributed by atoms with E-state index in [-0.39, 0.29) is 6.10 Å². The zero-order valence-corrected chi connectivity index (χ0v) is 19.3. The van der Waals surface area contributed by atoms with Gasteiger partial charge in [0.15, 0.2) is 0 Å². The van der Waals surface area contributed by atoms with Crippen LogP contribution in [0.4, 0.5) is 0 Å².